The van der Waals surface area contributed by atoms with Crippen LogP contribution in [-0.4, -0.2) is 25.6 Å². The molecule has 3 N–H and O–H groups in total. The minimum absolute atomic E-state index is 0.0246. The monoisotopic (exact) mass is 428 g/mol. The average Bonchev–Trinajstić information content (AvgIpc) is 3.14. The molecule has 0 bridgehead atoms. The van der Waals surface area contributed by atoms with Crippen LogP contribution >= 0.6 is 0 Å². The predicted molar refractivity (Wildman–Crippen MR) is 112 cm³/mol. The van der Waals surface area contributed by atoms with E-state index in [1.54, 1.807) is 11.5 Å². The lowest BCUT2D eigenvalue weighted by atomic mass is 9.96. The molecular formula is C22H24N2O5S. The standard InChI is InChI=1S/C22H24N2O5S/c25-22(23-26)19(13-10-15-6-2-1-3-7-15)24-30(27,28)16-11-12-18-17-8-4-5-9-20(17)29-21(18)14-16/h1-3,6-7,11-12,14,19,24,26H,4-5,8-10,13H2,(H,23,25)/t19-/m0/s1. The van der Waals surface area contributed by atoms with E-state index in [1.165, 1.54) is 12.1 Å². The highest BCUT2D eigenvalue weighted by atomic mass is 32.2. The summed E-state index contributed by atoms with van der Waals surface area (Å²) in [6.07, 6.45) is 4.65. The Morgan fingerprint density at radius 1 is 1.10 bits per heavy atom. The second kappa shape index (κ2) is 8.59. The van der Waals surface area contributed by atoms with Crippen LogP contribution < -0.4 is 10.2 Å². The van der Waals surface area contributed by atoms with E-state index in [-0.39, 0.29) is 11.3 Å². The topological polar surface area (TPSA) is 109 Å². The van der Waals surface area contributed by atoms with Crippen molar-refractivity contribution in [1.82, 2.24) is 10.2 Å². The molecule has 1 aliphatic rings. The molecule has 0 aliphatic heterocycles. The number of sulfonamides is 1. The van der Waals surface area contributed by atoms with Crippen LogP contribution in [0.15, 0.2) is 57.8 Å². The Morgan fingerprint density at radius 2 is 1.87 bits per heavy atom. The summed E-state index contributed by atoms with van der Waals surface area (Å²) >= 11 is 0. The van der Waals surface area contributed by atoms with Crippen molar-refractivity contribution in [2.45, 2.75) is 49.5 Å². The highest BCUT2D eigenvalue weighted by molar-refractivity contribution is 7.89. The van der Waals surface area contributed by atoms with Gasteiger partial charge in [0, 0.05) is 23.4 Å². The number of benzene rings is 2. The van der Waals surface area contributed by atoms with Gasteiger partial charge in [0.15, 0.2) is 0 Å². The Kier molecular flexibility index (Phi) is 5.90. The van der Waals surface area contributed by atoms with Crippen LogP contribution in [0.1, 0.15) is 36.1 Å². The molecule has 1 aliphatic carbocycles. The molecule has 0 fully saturated rings. The van der Waals surface area contributed by atoms with E-state index in [2.05, 4.69) is 4.72 Å². The number of rotatable bonds is 7. The minimum atomic E-state index is -3.99. The molecule has 0 radical (unpaired) electrons. The third-order valence-corrected chi connectivity index (χ3v) is 7.00. The number of amides is 1. The van der Waals surface area contributed by atoms with Gasteiger partial charge < -0.3 is 4.42 Å². The van der Waals surface area contributed by atoms with Crippen molar-refractivity contribution >= 4 is 26.9 Å². The third-order valence-electron chi connectivity index (χ3n) is 5.53. The molecule has 0 saturated carbocycles. The maximum atomic E-state index is 12.9. The molecule has 2 aromatic carbocycles. The molecule has 0 spiro atoms. The molecule has 0 unspecified atom stereocenters. The van der Waals surface area contributed by atoms with Crippen molar-refractivity contribution in [3.8, 4) is 0 Å². The van der Waals surface area contributed by atoms with Crippen LogP contribution in [0.2, 0.25) is 0 Å². The lowest BCUT2D eigenvalue weighted by Gasteiger charge is -2.17. The smallest absolute Gasteiger partial charge is 0.261 e. The van der Waals surface area contributed by atoms with Gasteiger partial charge in [-0.05, 0) is 49.8 Å². The Bertz CT molecular complexity index is 1150. The zero-order valence-corrected chi connectivity index (χ0v) is 17.2. The molecule has 1 heterocycles. The number of hydroxylamine groups is 1. The molecule has 1 atom stereocenters. The van der Waals surface area contributed by atoms with Crippen molar-refractivity contribution in [3.05, 3.63) is 65.4 Å². The summed E-state index contributed by atoms with van der Waals surface area (Å²) < 4.78 is 34.2. The summed E-state index contributed by atoms with van der Waals surface area (Å²) in [5, 5.41) is 10.00. The number of aryl methyl sites for hydroxylation is 3. The van der Waals surface area contributed by atoms with E-state index in [0.717, 1.165) is 48.0 Å². The van der Waals surface area contributed by atoms with Gasteiger partial charge in [0.25, 0.3) is 5.91 Å². The van der Waals surface area contributed by atoms with Gasteiger partial charge >= 0.3 is 0 Å². The summed E-state index contributed by atoms with van der Waals surface area (Å²) in [5.41, 5.74) is 4.22. The van der Waals surface area contributed by atoms with E-state index in [1.807, 2.05) is 30.3 Å². The number of carbonyl (C=O) groups excluding carboxylic acids is 1. The van der Waals surface area contributed by atoms with Crippen LogP contribution in [0.25, 0.3) is 11.0 Å². The number of nitrogens with one attached hydrogen (secondary N) is 2. The second-order valence-electron chi connectivity index (χ2n) is 7.54. The summed E-state index contributed by atoms with van der Waals surface area (Å²) in [7, 11) is -3.99. The zero-order valence-electron chi connectivity index (χ0n) is 16.4. The lowest BCUT2D eigenvalue weighted by Crippen LogP contribution is -2.46. The van der Waals surface area contributed by atoms with Crippen molar-refractivity contribution in [1.29, 1.82) is 0 Å². The van der Waals surface area contributed by atoms with Crippen LogP contribution in [0, 0.1) is 0 Å². The number of fused-ring (bicyclic) bond motifs is 3. The van der Waals surface area contributed by atoms with Gasteiger partial charge in [-0.1, -0.05) is 30.3 Å². The first-order chi connectivity index (χ1) is 14.5. The molecular weight excluding hydrogens is 404 g/mol. The number of hydrogen-bond acceptors (Lipinski definition) is 5. The molecule has 158 valence electrons. The number of furan rings is 1. The maximum Gasteiger partial charge on any atom is 0.261 e. The van der Waals surface area contributed by atoms with Crippen molar-refractivity contribution in [3.63, 3.8) is 0 Å². The molecule has 7 nitrogen and oxygen atoms in total. The molecule has 0 saturated heterocycles. The highest BCUT2D eigenvalue weighted by Gasteiger charge is 2.27. The maximum absolute atomic E-state index is 12.9. The van der Waals surface area contributed by atoms with Gasteiger partial charge in [-0.2, -0.15) is 4.72 Å². The van der Waals surface area contributed by atoms with Crippen molar-refractivity contribution < 1.29 is 22.8 Å². The van der Waals surface area contributed by atoms with E-state index < -0.39 is 22.0 Å². The van der Waals surface area contributed by atoms with Gasteiger partial charge in [-0.3, -0.25) is 10.0 Å². The zero-order chi connectivity index (χ0) is 21.1. The quantitative estimate of drug-likeness (QED) is 0.396. The van der Waals surface area contributed by atoms with Gasteiger partial charge in [-0.25, -0.2) is 13.9 Å². The Hall–Kier alpha value is -2.68. The Morgan fingerprint density at radius 3 is 2.63 bits per heavy atom. The summed E-state index contributed by atoms with van der Waals surface area (Å²) in [6, 6.07) is 13.1. The normalized spacial score (nSPS) is 15.0. The van der Waals surface area contributed by atoms with Crippen LogP contribution in [0.3, 0.4) is 0 Å². The summed E-state index contributed by atoms with van der Waals surface area (Å²) in [4.78, 5) is 12.1. The SMILES string of the molecule is O=C(NO)[C@H](CCc1ccccc1)NS(=O)(=O)c1ccc2c3c(oc2c1)CCCC3. The van der Waals surface area contributed by atoms with Gasteiger partial charge in [-0.15, -0.1) is 0 Å². The van der Waals surface area contributed by atoms with Crippen molar-refractivity contribution in [2.24, 2.45) is 0 Å². The van der Waals surface area contributed by atoms with Gasteiger partial charge in [0.05, 0.1) is 4.90 Å². The molecule has 4 rings (SSSR count). The van der Waals surface area contributed by atoms with Gasteiger partial charge in [0.1, 0.15) is 17.4 Å². The first-order valence-corrected chi connectivity index (χ1v) is 11.5. The predicted octanol–water partition coefficient (Wildman–Crippen LogP) is 3.10. The van der Waals surface area contributed by atoms with E-state index in [9.17, 15) is 13.2 Å². The van der Waals surface area contributed by atoms with E-state index in [0.29, 0.717) is 12.0 Å². The largest absolute Gasteiger partial charge is 0.461 e. The third kappa shape index (κ3) is 4.26. The average molecular weight is 429 g/mol. The molecule has 30 heavy (non-hydrogen) atoms. The minimum Gasteiger partial charge on any atom is -0.461 e. The number of carbonyl (C=O) groups is 1. The Balaban J connectivity index is 1.56. The summed E-state index contributed by atoms with van der Waals surface area (Å²) in [5.74, 6) is 0.128. The fourth-order valence-electron chi connectivity index (χ4n) is 3.94. The fourth-order valence-corrected chi connectivity index (χ4v) is 5.19. The first kappa shape index (κ1) is 20.6. The number of hydrogen-bond donors (Lipinski definition) is 3. The molecule has 1 amide bonds. The lowest BCUT2D eigenvalue weighted by molar-refractivity contribution is -0.131. The van der Waals surface area contributed by atoms with Gasteiger partial charge in [0.2, 0.25) is 10.0 Å². The van der Waals surface area contributed by atoms with E-state index >= 15 is 0 Å². The summed E-state index contributed by atoms with van der Waals surface area (Å²) in [6.45, 7) is 0. The first-order valence-electron chi connectivity index (χ1n) is 10.0. The molecule has 3 aromatic rings. The molecule has 1 aromatic heterocycles. The fraction of sp³-hybridized carbons (Fsp3) is 0.318. The van der Waals surface area contributed by atoms with E-state index in [4.69, 9.17) is 9.62 Å². The Labute approximate surface area is 175 Å². The second-order valence-corrected chi connectivity index (χ2v) is 9.26. The van der Waals surface area contributed by atoms with Crippen molar-refractivity contribution in [2.75, 3.05) is 0 Å². The highest BCUT2D eigenvalue weighted by Crippen LogP contribution is 2.33. The van der Waals surface area contributed by atoms with Crippen LogP contribution in [0.5, 0.6) is 0 Å². The molecule has 8 heteroatoms. The van der Waals surface area contributed by atoms with Crippen LogP contribution in [0.4, 0.5) is 0 Å². The van der Waals surface area contributed by atoms with Crippen LogP contribution in [-0.2, 0) is 34.1 Å².